The summed E-state index contributed by atoms with van der Waals surface area (Å²) >= 11 is 0. The first kappa shape index (κ1) is 17.0. The molecular formula is C20H22O2Si. The first-order chi connectivity index (χ1) is 11.2. The molecular weight excluding hydrogens is 300 g/mol. The van der Waals surface area contributed by atoms with Crippen molar-refractivity contribution in [3.05, 3.63) is 79.9 Å². The van der Waals surface area contributed by atoms with Gasteiger partial charge in [-0.2, -0.15) is 0 Å². The van der Waals surface area contributed by atoms with Gasteiger partial charge in [-0.15, -0.1) is 19.7 Å². The zero-order valence-corrected chi connectivity index (χ0v) is 14.3. The molecule has 1 heterocycles. The standard InChI is InChI=1S/C20H22O2Si/c1-4-12-23(13-5-2,14-6-3)19-15-18(16-21)20(22-19)17-10-8-7-9-11-17/h4-11,15-16H,1-3,12-14H2. The molecule has 0 fully saturated rings. The number of carbonyl (C=O) groups is 1. The lowest BCUT2D eigenvalue weighted by Crippen LogP contribution is -2.45. The zero-order chi connectivity index (χ0) is 16.7. The van der Waals surface area contributed by atoms with Crippen LogP contribution < -0.4 is 5.38 Å². The summed E-state index contributed by atoms with van der Waals surface area (Å²) in [7, 11) is -2.01. The van der Waals surface area contributed by atoms with Gasteiger partial charge in [0.1, 0.15) is 13.8 Å². The second-order valence-electron chi connectivity index (χ2n) is 5.64. The Labute approximate surface area is 138 Å². The summed E-state index contributed by atoms with van der Waals surface area (Å²) < 4.78 is 6.20. The van der Waals surface area contributed by atoms with E-state index in [-0.39, 0.29) is 0 Å². The molecule has 2 nitrogen and oxygen atoms in total. The van der Waals surface area contributed by atoms with Crippen LogP contribution in [0.15, 0.2) is 78.8 Å². The molecule has 0 amide bonds. The summed E-state index contributed by atoms with van der Waals surface area (Å²) in [6.07, 6.45) is 6.67. The molecule has 0 N–H and O–H groups in total. The molecule has 0 spiro atoms. The van der Waals surface area contributed by atoms with E-state index < -0.39 is 8.07 Å². The number of hydrogen-bond donors (Lipinski definition) is 0. The summed E-state index contributed by atoms with van der Waals surface area (Å²) in [4.78, 5) is 11.5. The van der Waals surface area contributed by atoms with Crippen molar-refractivity contribution in [3.63, 3.8) is 0 Å². The second kappa shape index (κ2) is 7.74. The van der Waals surface area contributed by atoms with Gasteiger partial charge in [0, 0.05) is 5.56 Å². The van der Waals surface area contributed by atoms with E-state index in [2.05, 4.69) is 19.7 Å². The second-order valence-corrected chi connectivity index (χ2v) is 9.92. The number of benzene rings is 1. The van der Waals surface area contributed by atoms with Crippen molar-refractivity contribution in [2.24, 2.45) is 0 Å². The predicted molar refractivity (Wildman–Crippen MR) is 99.9 cm³/mol. The molecule has 1 aromatic carbocycles. The SMILES string of the molecule is C=CC[Si](CC=C)(CC=C)c1cc(C=O)c(-c2ccccc2)o1. The molecule has 0 radical (unpaired) electrons. The van der Waals surface area contributed by atoms with Gasteiger partial charge in [-0.1, -0.05) is 48.6 Å². The summed E-state index contributed by atoms with van der Waals surface area (Å²) in [6.45, 7) is 11.7. The molecule has 2 aromatic rings. The van der Waals surface area contributed by atoms with Crippen molar-refractivity contribution in [1.29, 1.82) is 0 Å². The fourth-order valence-electron chi connectivity index (χ4n) is 2.95. The molecule has 0 saturated heterocycles. The third kappa shape index (κ3) is 3.51. The lowest BCUT2D eigenvalue weighted by molar-refractivity contribution is 0.112. The minimum absolute atomic E-state index is 0.597. The molecule has 0 bridgehead atoms. The summed E-state index contributed by atoms with van der Waals surface area (Å²) in [6, 6.07) is 14.2. The van der Waals surface area contributed by atoms with Crippen molar-refractivity contribution < 1.29 is 9.21 Å². The monoisotopic (exact) mass is 322 g/mol. The van der Waals surface area contributed by atoms with E-state index in [0.717, 1.165) is 35.4 Å². The van der Waals surface area contributed by atoms with E-state index >= 15 is 0 Å². The van der Waals surface area contributed by atoms with E-state index in [1.807, 2.05) is 54.6 Å². The Balaban J connectivity index is 2.58. The Kier molecular flexibility index (Phi) is 5.71. The van der Waals surface area contributed by atoms with E-state index in [0.29, 0.717) is 11.3 Å². The minimum atomic E-state index is -2.01. The van der Waals surface area contributed by atoms with Crippen molar-refractivity contribution in [2.75, 3.05) is 0 Å². The molecule has 0 aliphatic carbocycles. The summed E-state index contributed by atoms with van der Waals surface area (Å²) in [5.74, 6) is 0.643. The highest BCUT2D eigenvalue weighted by Gasteiger charge is 2.36. The average Bonchev–Trinajstić information content (AvgIpc) is 3.01. The van der Waals surface area contributed by atoms with Gasteiger partial charge < -0.3 is 4.42 Å². The van der Waals surface area contributed by atoms with Gasteiger partial charge in [0.2, 0.25) is 0 Å². The van der Waals surface area contributed by atoms with Crippen LogP contribution in [-0.4, -0.2) is 14.4 Å². The van der Waals surface area contributed by atoms with E-state index in [1.54, 1.807) is 0 Å². The van der Waals surface area contributed by atoms with Crippen LogP contribution in [0.4, 0.5) is 0 Å². The number of aldehydes is 1. The third-order valence-electron chi connectivity index (χ3n) is 4.05. The highest BCUT2D eigenvalue weighted by atomic mass is 28.3. The van der Waals surface area contributed by atoms with Gasteiger partial charge in [-0.05, 0) is 24.2 Å². The van der Waals surface area contributed by atoms with Gasteiger partial charge in [0.15, 0.2) is 6.29 Å². The van der Waals surface area contributed by atoms with Crippen molar-refractivity contribution in [2.45, 2.75) is 18.1 Å². The largest absolute Gasteiger partial charge is 0.465 e. The van der Waals surface area contributed by atoms with Crippen LogP contribution in [0.25, 0.3) is 11.3 Å². The number of carbonyl (C=O) groups excluding carboxylic acids is 1. The van der Waals surface area contributed by atoms with Crippen LogP contribution in [0.1, 0.15) is 10.4 Å². The van der Waals surface area contributed by atoms with Gasteiger partial charge in [0.25, 0.3) is 0 Å². The quantitative estimate of drug-likeness (QED) is 0.370. The molecule has 3 heteroatoms. The maximum atomic E-state index is 11.5. The maximum Gasteiger partial charge on any atom is 0.153 e. The van der Waals surface area contributed by atoms with Crippen LogP contribution in [-0.2, 0) is 0 Å². The number of hydrogen-bond acceptors (Lipinski definition) is 2. The Morgan fingerprint density at radius 2 is 1.52 bits per heavy atom. The van der Waals surface area contributed by atoms with Gasteiger partial charge >= 0.3 is 0 Å². The predicted octanol–water partition coefficient (Wildman–Crippen LogP) is 4.97. The van der Waals surface area contributed by atoms with Crippen molar-refractivity contribution in [3.8, 4) is 11.3 Å². The number of rotatable bonds is 9. The fourth-order valence-corrected chi connectivity index (χ4v) is 6.49. The Morgan fingerprint density at radius 1 is 0.957 bits per heavy atom. The van der Waals surface area contributed by atoms with Gasteiger partial charge in [0.05, 0.1) is 10.9 Å². The Morgan fingerprint density at radius 3 is 2.00 bits per heavy atom. The lowest BCUT2D eigenvalue weighted by Gasteiger charge is -2.25. The van der Waals surface area contributed by atoms with Crippen molar-refractivity contribution >= 4 is 19.7 Å². The summed E-state index contributed by atoms with van der Waals surface area (Å²) in [5.41, 5.74) is 1.51. The summed E-state index contributed by atoms with van der Waals surface area (Å²) in [5, 5.41) is 0.915. The van der Waals surface area contributed by atoms with Gasteiger partial charge in [-0.25, -0.2) is 0 Å². The molecule has 1 aromatic heterocycles. The molecule has 0 atom stereocenters. The van der Waals surface area contributed by atoms with Crippen LogP contribution in [0, 0.1) is 0 Å². The molecule has 118 valence electrons. The topological polar surface area (TPSA) is 30.2 Å². The normalized spacial score (nSPS) is 11.0. The lowest BCUT2D eigenvalue weighted by atomic mass is 10.1. The molecule has 0 unspecified atom stereocenters. The first-order valence-electron chi connectivity index (χ1n) is 7.68. The maximum absolute atomic E-state index is 11.5. The van der Waals surface area contributed by atoms with E-state index in [1.165, 1.54) is 0 Å². The average molecular weight is 322 g/mol. The molecule has 0 saturated carbocycles. The number of allylic oxidation sites excluding steroid dienone is 3. The van der Waals surface area contributed by atoms with E-state index in [4.69, 9.17) is 4.42 Å². The zero-order valence-electron chi connectivity index (χ0n) is 13.3. The van der Waals surface area contributed by atoms with Crippen LogP contribution in [0.3, 0.4) is 0 Å². The highest BCUT2D eigenvalue weighted by molar-refractivity contribution is 6.92. The number of furan rings is 1. The third-order valence-corrected chi connectivity index (χ3v) is 8.55. The van der Waals surface area contributed by atoms with E-state index in [9.17, 15) is 4.79 Å². The van der Waals surface area contributed by atoms with Crippen LogP contribution in [0.5, 0.6) is 0 Å². The Hall–Kier alpha value is -2.39. The Bertz CT molecular complexity index is 671. The van der Waals surface area contributed by atoms with Gasteiger partial charge in [-0.3, -0.25) is 4.79 Å². The van der Waals surface area contributed by atoms with Crippen LogP contribution in [0.2, 0.25) is 18.1 Å². The highest BCUT2D eigenvalue weighted by Crippen LogP contribution is 2.29. The fraction of sp³-hybridized carbons (Fsp3) is 0.150. The van der Waals surface area contributed by atoms with Crippen LogP contribution >= 0.6 is 0 Å². The molecule has 0 aliphatic rings. The molecule has 2 rings (SSSR count). The molecule has 0 aliphatic heterocycles. The van der Waals surface area contributed by atoms with Crippen molar-refractivity contribution in [1.82, 2.24) is 0 Å². The minimum Gasteiger partial charge on any atom is -0.465 e. The smallest absolute Gasteiger partial charge is 0.153 e. The molecule has 23 heavy (non-hydrogen) atoms. The first-order valence-corrected chi connectivity index (χ1v) is 10.3.